The zero-order valence-corrected chi connectivity index (χ0v) is 39.9. The van der Waals surface area contributed by atoms with Gasteiger partial charge in [0.2, 0.25) is 0 Å². The number of allylic oxidation sites excluding steroid dienone is 4. The normalized spacial score (nSPS) is 12.8. The van der Waals surface area contributed by atoms with Gasteiger partial charge in [0.05, 0.1) is 0 Å². The Morgan fingerprint density at radius 1 is 0.345 bits per heavy atom. The Hall–Kier alpha value is -2.49. The number of hydrogen-bond donors (Lipinski definition) is 0. The van der Waals surface area contributed by atoms with Gasteiger partial charge in [-0.25, -0.2) is 0 Å². The third-order valence-electron chi connectivity index (χ3n) is 9.80. The van der Waals surface area contributed by atoms with Crippen LogP contribution in [-0.2, 0) is 39.9 Å². The van der Waals surface area contributed by atoms with Crippen LogP contribution in [0.25, 0.3) is 0 Å². The summed E-state index contributed by atoms with van der Waals surface area (Å²) < 4.78 is 53.0. The second-order valence-corrected chi connectivity index (χ2v) is 26.0. The first kappa shape index (κ1) is 46.9. The van der Waals surface area contributed by atoms with Gasteiger partial charge in [-0.15, -0.1) is 24.8 Å². The monoisotopic (exact) mass is 961 g/mol. The van der Waals surface area contributed by atoms with Gasteiger partial charge < -0.3 is 13.7 Å². The van der Waals surface area contributed by atoms with Crippen LogP contribution < -0.4 is 31.8 Å². The molecule has 0 saturated carbocycles. The molecule has 0 unspecified atom stereocenters. The molecule has 0 bridgehead atoms. The summed E-state index contributed by atoms with van der Waals surface area (Å²) in [5.74, 6) is 0. The topological polar surface area (TPSA) is 51.2 Å². The van der Waals surface area contributed by atoms with E-state index in [0.717, 1.165) is 0 Å². The van der Waals surface area contributed by atoms with E-state index in [1.165, 1.54) is 0 Å². The van der Waals surface area contributed by atoms with E-state index in [4.69, 9.17) is 0 Å². The van der Waals surface area contributed by atoms with Crippen LogP contribution in [0.4, 0.5) is 0 Å². The van der Waals surface area contributed by atoms with Gasteiger partial charge in [-0.3, -0.25) is 0 Å². The molecule has 10 heteroatoms. The molecule has 55 heavy (non-hydrogen) atoms. The Morgan fingerprint density at radius 2 is 0.509 bits per heavy atom. The second kappa shape index (κ2) is 20.8. The molecule has 1 radical (unpaired) electrons. The van der Waals surface area contributed by atoms with Crippen molar-refractivity contribution in [1.82, 2.24) is 0 Å². The summed E-state index contributed by atoms with van der Waals surface area (Å²) in [6.45, 7) is 8.98. The third-order valence-corrected chi connectivity index (χ3v) is 26.8. The van der Waals surface area contributed by atoms with Crippen molar-refractivity contribution in [2.24, 2.45) is 0 Å². The molecule has 1 aliphatic heterocycles. The molecule has 6 aromatic carbocycles. The summed E-state index contributed by atoms with van der Waals surface area (Å²) in [5, 5.41) is 1.80. The van der Waals surface area contributed by atoms with Crippen LogP contribution in [0, 0.1) is 0 Å². The van der Waals surface area contributed by atoms with Gasteiger partial charge in [0.25, 0.3) is 0 Å². The molecule has 1 aliphatic rings. The first-order valence-electron chi connectivity index (χ1n) is 17.3. The SMILES string of the molecule is CC1=C(C)C(C)=C(C)[As]1.Cl.Cl.O=P(c1ccccc1)(c1ccccc1)C(P(=O)(c1ccccc1)c1ccccc1)P(=O)(c1ccccc1)c1ccccc1.[Zr]. The van der Waals surface area contributed by atoms with Crippen molar-refractivity contribution in [1.29, 1.82) is 0 Å². The molecule has 0 aromatic heterocycles. The molecule has 6 aromatic rings. The van der Waals surface area contributed by atoms with E-state index in [1.54, 1.807) is 19.9 Å². The van der Waals surface area contributed by atoms with Gasteiger partial charge in [-0.05, 0) is 0 Å². The van der Waals surface area contributed by atoms with Crippen LogP contribution in [0.5, 0.6) is 0 Å². The molecular formula is C45H45AsCl2O3P3Zr. The van der Waals surface area contributed by atoms with Crippen molar-refractivity contribution in [2.45, 2.75) is 32.8 Å². The molecule has 0 amide bonds. The van der Waals surface area contributed by atoms with Gasteiger partial charge in [-0.2, -0.15) is 0 Å². The Morgan fingerprint density at radius 3 is 0.636 bits per heavy atom. The Labute approximate surface area is 365 Å². The maximum absolute atomic E-state index is 16.6. The molecule has 3 nitrogen and oxygen atoms in total. The Balaban J connectivity index is 0.000000598. The van der Waals surface area contributed by atoms with Crippen LogP contribution in [0.3, 0.4) is 0 Å². The molecular weight excluding hydrogens is 918 g/mol. The van der Waals surface area contributed by atoms with Gasteiger partial charge in [-0.1, -0.05) is 182 Å². The first-order chi connectivity index (χ1) is 25.1. The molecule has 0 saturated heterocycles. The van der Waals surface area contributed by atoms with E-state index in [2.05, 4.69) is 27.7 Å². The maximum Gasteiger partial charge on any atom is 0.161 e. The van der Waals surface area contributed by atoms with Crippen molar-refractivity contribution in [3.8, 4) is 0 Å². The van der Waals surface area contributed by atoms with Crippen molar-refractivity contribution in [2.75, 3.05) is 0 Å². The third kappa shape index (κ3) is 9.46. The van der Waals surface area contributed by atoms with E-state index in [9.17, 15) is 0 Å². The summed E-state index contributed by atoms with van der Waals surface area (Å²) in [4.78, 5) is 0. The van der Waals surface area contributed by atoms with E-state index in [-0.39, 0.29) is 51.0 Å². The minimum atomic E-state index is -3.97. The van der Waals surface area contributed by atoms with Crippen LogP contribution in [0.15, 0.2) is 202 Å². The molecule has 7 rings (SSSR count). The first-order valence-corrected chi connectivity index (χ1v) is 24.5. The zero-order valence-electron chi connectivity index (χ0n) is 31.2. The number of benzene rings is 6. The Bertz CT molecular complexity index is 1960. The van der Waals surface area contributed by atoms with Gasteiger partial charge in [0.1, 0.15) is 5.14 Å². The molecule has 0 N–H and O–H groups in total. The van der Waals surface area contributed by atoms with Gasteiger partial charge in [0, 0.05) is 58.0 Å². The molecule has 0 atom stereocenters. The molecule has 0 aliphatic carbocycles. The molecule has 0 fully saturated rings. The van der Waals surface area contributed by atoms with E-state index in [1.807, 2.05) is 182 Å². The van der Waals surface area contributed by atoms with Crippen LogP contribution in [0.2, 0.25) is 0 Å². The van der Waals surface area contributed by atoms with Crippen LogP contribution >= 0.6 is 46.2 Å². The predicted molar refractivity (Wildman–Crippen MR) is 240 cm³/mol. The number of halogens is 2. The molecule has 281 valence electrons. The summed E-state index contributed by atoms with van der Waals surface area (Å²) in [6, 6.07) is 55.2. The van der Waals surface area contributed by atoms with E-state index >= 15 is 13.7 Å². The summed E-state index contributed by atoms with van der Waals surface area (Å²) in [7, 11) is -11.9. The fraction of sp³-hybridized carbons (Fsp3) is 0.111. The smallest absolute Gasteiger partial charge is 0.161 e. The molecule has 1 heterocycles. The van der Waals surface area contributed by atoms with Crippen molar-refractivity contribution >= 4 is 93.8 Å². The van der Waals surface area contributed by atoms with Crippen LogP contribution in [0.1, 0.15) is 27.7 Å². The average molecular weight is 964 g/mol. The standard InChI is InChI=1S/C37H31O3P3.C8H12As.2ClH.Zr/c38-41(31-19-7-1-8-20-31,32-21-9-2-10-22-32)37(42(39,33-23-11-3-12-24-33)34-25-13-4-14-26-34)43(40,35-27-15-5-16-28-35)36-29-17-6-18-30-36;1-5-6(2)8(4)9-7(5)3;;;/h1-30,37H;1-4H3;2*1H;. The fourth-order valence-corrected chi connectivity index (χ4v) is 25.7. The largest absolute Gasteiger partial charge is 0.312 e. The fourth-order valence-electron chi connectivity index (χ4n) is 6.79. The second-order valence-electron chi connectivity index (χ2n) is 12.9. The Kier molecular flexibility index (Phi) is 17.7. The van der Waals surface area contributed by atoms with Crippen molar-refractivity contribution in [3.63, 3.8) is 0 Å². The number of rotatable bonds is 9. The molecule has 0 spiro atoms. The summed E-state index contributed by atoms with van der Waals surface area (Å²) in [6.07, 6.45) is 0. The number of hydrogen-bond acceptors (Lipinski definition) is 3. The van der Waals surface area contributed by atoms with Crippen molar-refractivity contribution in [3.05, 3.63) is 202 Å². The summed E-state index contributed by atoms with van der Waals surface area (Å²) in [5.41, 5.74) is 3.10. The minimum absolute atomic E-state index is 0. The van der Waals surface area contributed by atoms with Gasteiger partial charge in [0.15, 0.2) is 21.4 Å². The predicted octanol–water partition coefficient (Wildman–Crippen LogP) is 10.4. The summed E-state index contributed by atoms with van der Waals surface area (Å²) >= 11 is 0.430. The van der Waals surface area contributed by atoms with Crippen molar-refractivity contribution < 1.29 is 39.9 Å². The zero-order chi connectivity index (χ0) is 36.8. The minimum Gasteiger partial charge on any atom is -0.312 e. The van der Waals surface area contributed by atoms with E-state index in [0.29, 0.717) is 47.6 Å². The van der Waals surface area contributed by atoms with Crippen LogP contribution in [-0.4, -0.2) is 20.9 Å². The van der Waals surface area contributed by atoms with E-state index < -0.39 is 26.6 Å². The van der Waals surface area contributed by atoms with Gasteiger partial charge >= 0.3 is 63.3 Å². The quantitative estimate of drug-likeness (QED) is 0.107. The maximum atomic E-state index is 16.6. The average Bonchev–Trinajstić information content (AvgIpc) is 3.44.